The first kappa shape index (κ1) is 15.0. The number of hydrogen-bond acceptors (Lipinski definition) is 4. The molecule has 1 aliphatic rings. The van der Waals surface area contributed by atoms with Crippen LogP contribution in [0.4, 0.5) is 5.69 Å². The van der Waals surface area contributed by atoms with Crippen LogP contribution < -0.4 is 5.32 Å². The maximum absolute atomic E-state index is 9.02. The molecule has 22 heavy (non-hydrogen) atoms. The van der Waals surface area contributed by atoms with Gasteiger partial charge >= 0.3 is 0 Å². The number of pyridine rings is 1. The molecule has 0 aliphatic carbocycles. The van der Waals surface area contributed by atoms with Crippen molar-refractivity contribution in [2.75, 3.05) is 31.6 Å². The molecule has 4 nitrogen and oxygen atoms in total. The van der Waals surface area contributed by atoms with Crippen LogP contribution in [0.2, 0.25) is 0 Å². The number of aromatic nitrogens is 1. The van der Waals surface area contributed by atoms with Crippen LogP contribution in [0.3, 0.4) is 0 Å². The number of hydrogen-bond donors (Lipinski definition) is 2. The second-order valence-electron chi connectivity index (χ2n) is 5.82. The number of likely N-dealkylation sites (tertiary alicyclic amines) is 1. The molecular weight excluding hydrogens is 274 g/mol. The smallest absolute Gasteiger partial charge is 0.0558 e. The van der Waals surface area contributed by atoms with Crippen LogP contribution in [0, 0.1) is 0 Å². The number of aliphatic hydroxyl groups is 1. The fraction of sp³-hybridized carbons (Fsp3) is 0.389. The molecule has 0 saturated carbocycles. The van der Waals surface area contributed by atoms with Gasteiger partial charge in [-0.1, -0.05) is 24.8 Å². The summed E-state index contributed by atoms with van der Waals surface area (Å²) in [4.78, 5) is 6.59. The first-order valence-corrected chi connectivity index (χ1v) is 7.90. The Morgan fingerprint density at radius 3 is 2.86 bits per heavy atom. The molecule has 0 radical (unpaired) electrons. The van der Waals surface area contributed by atoms with Crippen LogP contribution in [0.1, 0.15) is 18.4 Å². The fourth-order valence-electron chi connectivity index (χ4n) is 3.20. The van der Waals surface area contributed by atoms with Crippen LogP contribution in [0.5, 0.6) is 0 Å². The van der Waals surface area contributed by atoms with Gasteiger partial charge in [0.05, 0.1) is 6.61 Å². The summed E-state index contributed by atoms with van der Waals surface area (Å²) in [6.07, 6.45) is 7.84. The summed E-state index contributed by atoms with van der Waals surface area (Å²) >= 11 is 0. The molecule has 2 N–H and O–H groups in total. The van der Waals surface area contributed by atoms with Crippen LogP contribution in [0.15, 0.2) is 37.2 Å². The number of rotatable bonds is 5. The normalized spacial score (nSPS) is 16.8. The van der Waals surface area contributed by atoms with Crippen molar-refractivity contribution < 1.29 is 5.11 Å². The number of piperidine rings is 1. The minimum absolute atomic E-state index is 0.247. The molecule has 0 bridgehead atoms. The lowest BCUT2D eigenvalue weighted by molar-refractivity contribution is 0.168. The van der Waals surface area contributed by atoms with Crippen LogP contribution >= 0.6 is 0 Å². The van der Waals surface area contributed by atoms with Gasteiger partial charge in [0.2, 0.25) is 0 Å². The average molecular weight is 297 g/mol. The Hall–Kier alpha value is -1.91. The summed E-state index contributed by atoms with van der Waals surface area (Å²) in [5.41, 5.74) is 2.23. The molecule has 1 aromatic heterocycles. The summed E-state index contributed by atoms with van der Waals surface area (Å²) < 4.78 is 0. The Morgan fingerprint density at radius 2 is 2.14 bits per heavy atom. The second-order valence-corrected chi connectivity index (χ2v) is 5.82. The van der Waals surface area contributed by atoms with Gasteiger partial charge in [0.1, 0.15) is 0 Å². The minimum Gasteiger partial charge on any atom is -0.395 e. The molecule has 2 aromatic rings. The van der Waals surface area contributed by atoms with Gasteiger partial charge in [-0.05, 0) is 18.9 Å². The summed E-state index contributed by atoms with van der Waals surface area (Å²) in [6, 6.07) is 6.77. The zero-order valence-electron chi connectivity index (χ0n) is 12.8. The number of nitrogens with zero attached hydrogens (tertiary/aromatic N) is 2. The third-order valence-corrected chi connectivity index (χ3v) is 4.40. The molecule has 1 fully saturated rings. The van der Waals surface area contributed by atoms with E-state index in [4.69, 9.17) is 5.11 Å². The van der Waals surface area contributed by atoms with E-state index in [0.717, 1.165) is 49.1 Å². The Labute approximate surface area is 131 Å². The number of aliphatic hydroxyl groups excluding tert-OH is 1. The number of β-amino-alcohol motifs (C(OH)–C–C–N with tert-alkyl or cyclic N) is 1. The first-order chi connectivity index (χ1) is 10.8. The van der Waals surface area contributed by atoms with E-state index < -0.39 is 0 Å². The third-order valence-electron chi connectivity index (χ3n) is 4.40. The van der Waals surface area contributed by atoms with Crippen molar-refractivity contribution >= 4 is 22.5 Å². The van der Waals surface area contributed by atoms with Crippen molar-refractivity contribution in [2.24, 2.45) is 0 Å². The Morgan fingerprint density at radius 1 is 1.32 bits per heavy atom. The van der Waals surface area contributed by atoms with Gasteiger partial charge < -0.3 is 15.3 Å². The van der Waals surface area contributed by atoms with Crippen molar-refractivity contribution in [1.82, 2.24) is 9.88 Å². The first-order valence-electron chi connectivity index (χ1n) is 7.90. The lowest BCUT2D eigenvalue weighted by atomic mass is 10.0. The molecule has 0 atom stereocenters. The van der Waals surface area contributed by atoms with Crippen molar-refractivity contribution in [3.05, 3.63) is 42.7 Å². The molecular formula is C18H23N3O. The van der Waals surface area contributed by atoms with Crippen LogP contribution in [-0.4, -0.2) is 47.3 Å². The minimum atomic E-state index is 0.247. The third kappa shape index (κ3) is 3.13. The van der Waals surface area contributed by atoms with E-state index in [0.29, 0.717) is 6.04 Å². The maximum atomic E-state index is 9.02. The number of anilines is 1. The molecule has 1 saturated heterocycles. The highest BCUT2D eigenvalue weighted by molar-refractivity contribution is 5.99. The monoisotopic (exact) mass is 297 g/mol. The van der Waals surface area contributed by atoms with Crippen LogP contribution in [0.25, 0.3) is 16.8 Å². The topological polar surface area (TPSA) is 48.4 Å². The lowest BCUT2D eigenvalue weighted by Crippen LogP contribution is -2.40. The second kappa shape index (κ2) is 6.90. The van der Waals surface area contributed by atoms with Gasteiger partial charge in [-0.25, -0.2) is 0 Å². The van der Waals surface area contributed by atoms with Crippen molar-refractivity contribution in [3.8, 4) is 0 Å². The molecule has 0 unspecified atom stereocenters. The van der Waals surface area contributed by atoms with Gasteiger partial charge in [0.25, 0.3) is 0 Å². The molecule has 1 aliphatic heterocycles. The zero-order chi connectivity index (χ0) is 15.4. The Balaban J connectivity index is 1.79. The zero-order valence-corrected chi connectivity index (χ0v) is 12.8. The van der Waals surface area contributed by atoms with Gasteiger partial charge in [-0.15, -0.1) is 0 Å². The molecule has 3 rings (SSSR count). The Kier molecular flexibility index (Phi) is 4.71. The van der Waals surface area contributed by atoms with E-state index in [9.17, 15) is 0 Å². The van der Waals surface area contributed by atoms with E-state index in [1.807, 2.05) is 18.5 Å². The standard InChI is InChI=1S/C18H23N3O/c1-2-14-12-19-13-15-4-3-5-17(18(14)15)20-16-6-8-21(9-7-16)10-11-22/h2-5,12-13,16,20,22H,1,6-11H2. The van der Waals surface area contributed by atoms with E-state index in [-0.39, 0.29) is 6.61 Å². The predicted molar refractivity (Wildman–Crippen MR) is 92.0 cm³/mol. The summed E-state index contributed by atoms with van der Waals surface area (Å²) in [7, 11) is 0. The largest absolute Gasteiger partial charge is 0.395 e. The predicted octanol–water partition coefficient (Wildman–Crippen LogP) is 2.75. The van der Waals surface area contributed by atoms with E-state index in [2.05, 4.69) is 40.0 Å². The van der Waals surface area contributed by atoms with Gasteiger partial charge in [-0.2, -0.15) is 0 Å². The van der Waals surface area contributed by atoms with Gasteiger partial charge in [0.15, 0.2) is 0 Å². The molecule has 0 amide bonds. The maximum Gasteiger partial charge on any atom is 0.0558 e. The fourth-order valence-corrected chi connectivity index (χ4v) is 3.20. The molecule has 2 heterocycles. The van der Waals surface area contributed by atoms with E-state index in [1.54, 1.807) is 0 Å². The molecule has 4 heteroatoms. The van der Waals surface area contributed by atoms with Crippen molar-refractivity contribution in [1.29, 1.82) is 0 Å². The highest BCUT2D eigenvalue weighted by atomic mass is 16.3. The molecule has 116 valence electrons. The quantitative estimate of drug-likeness (QED) is 0.891. The SMILES string of the molecule is C=Cc1cncc2cccc(NC3CCN(CCO)CC3)c12. The Bertz CT molecular complexity index is 643. The van der Waals surface area contributed by atoms with Gasteiger partial charge in [-0.3, -0.25) is 4.98 Å². The number of nitrogens with one attached hydrogen (secondary N) is 1. The molecule has 1 aromatic carbocycles. The molecule has 0 spiro atoms. The summed E-state index contributed by atoms with van der Waals surface area (Å²) in [6.45, 7) is 7.01. The van der Waals surface area contributed by atoms with Crippen LogP contribution in [-0.2, 0) is 0 Å². The van der Waals surface area contributed by atoms with Gasteiger partial charge in [0, 0.05) is 60.1 Å². The summed E-state index contributed by atoms with van der Waals surface area (Å²) in [5, 5.41) is 15.1. The average Bonchev–Trinajstić information content (AvgIpc) is 2.56. The van der Waals surface area contributed by atoms with E-state index >= 15 is 0 Å². The highest BCUT2D eigenvalue weighted by Gasteiger charge is 2.19. The number of benzene rings is 1. The van der Waals surface area contributed by atoms with E-state index in [1.165, 1.54) is 5.39 Å². The summed E-state index contributed by atoms with van der Waals surface area (Å²) in [5.74, 6) is 0. The number of fused-ring (bicyclic) bond motifs is 1. The van der Waals surface area contributed by atoms with Crippen molar-refractivity contribution in [3.63, 3.8) is 0 Å². The van der Waals surface area contributed by atoms with Crippen molar-refractivity contribution in [2.45, 2.75) is 18.9 Å². The highest BCUT2D eigenvalue weighted by Crippen LogP contribution is 2.28. The lowest BCUT2D eigenvalue weighted by Gasteiger charge is -2.32.